The monoisotopic (exact) mass is 877 g/mol. The first-order valence-corrected chi connectivity index (χ1v) is 23.8. The molecule has 322 valence electrons. The highest BCUT2D eigenvalue weighted by Gasteiger charge is 2.19. The Labute approximate surface area is 399 Å². The molecule has 0 aliphatic rings. The van der Waals surface area contributed by atoms with Gasteiger partial charge in [0.25, 0.3) is 0 Å². The molecule has 2 aromatic heterocycles. The van der Waals surface area contributed by atoms with Crippen molar-refractivity contribution in [2.24, 2.45) is 0 Å². The van der Waals surface area contributed by atoms with E-state index >= 15 is 0 Å². The second-order valence-electron chi connectivity index (χ2n) is 18.1. The van der Waals surface area contributed by atoms with E-state index in [4.69, 9.17) is 0 Å². The number of nitrogens with zero attached hydrogens (tertiary/aromatic N) is 3. The molecule has 0 aliphatic heterocycles. The fraction of sp³-hybridized carbons (Fsp3) is 0. The molecule has 3 nitrogen and oxygen atoms in total. The number of para-hydroxylation sites is 3. The number of hydrogen-bond acceptors (Lipinski definition) is 1. The summed E-state index contributed by atoms with van der Waals surface area (Å²) in [5.41, 5.74) is 15.1. The fourth-order valence-corrected chi connectivity index (χ4v) is 11.1. The van der Waals surface area contributed by atoms with E-state index in [1.54, 1.807) is 0 Å². The quantitative estimate of drug-likeness (QED) is 0.145. The van der Waals surface area contributed by atoms with Crippen molar-refractivity contribution in [1.29, 1.82) is 0 Å². The van der Waals surface area contributed by atoms with Gasteiger partial charge in [-0.05, 0) is 146 Å². The second kappa shape index (κ2) is 15.7. The first kappa shape index (κ1) is 39.0. The summed E-state index contributed by atoms with van der Waals surface area (Å²) in [6, 6.07) is 95.5. The molecule has 3 heteroatoms. The van der Waals surface area contributed by atoms with Crippen LogP contribution in [0.5, 0.6) is 0 Å². The summed E-state index contributed by atoms with van der Waals surface area (Å²) in [5, 5.41) is 12.6. The van der Waals surface area contributed by atoms with Gasteiger partial charge in [0.1, 0.15) is 0 Å². The smallest absolute Gasteiger partial charge is 0.0542 e. The highest BCUT2D eigenvalue weighted by atomic mass is 15.1. The van der Waals surface area contributed by atoms with Gasteiger partial charge in [0.2, 0.25) is 0 Å². The molecule has 0 radical (unpaired) electrons. The minimum absolute atomic E-state index is 1.10. The van der Waals surface area contributed by atoms with Crippen molar-refractivity contribution in [2.45, 2.75) is 0 Å². The molecular weight excluding hydrogens is 835 g/mol. The van der Waals surface area contributed by atoms with Crippen LogP contribution in [0.15, 0.2) is 261 Å². The highest BCUT2D eigenvalue weighted by Crippen LogP contribution is 2.42. The van der Waals surface area contributed by atoms with E-state index in [-0.39, 0.29) is 0 Å². The van der Waals surface area contributed by atoms with Crippen molar-refractivity contribution >= 4 is 93.0 Å². The van der Waals surface area contributed by atoms with Crippen molar-refractivity contribution in [3.8, 4) is 33.6 Å². The van der Waals surface area contributed by atoms with Gasteiger partial charge >= 0.3 is 0 Å². The van der Waals surface area contributed by atoms with Crippen LogP contribution in [0, 0.1) is 0 Å². The van der Waals surface area contributed by atoms with Gasteiger partial charge < -0.3 is 14.0 Å². The Morgan fingerprint density at radius 2 is 0.551 bits per heavy atom. The lowest BCUT2D eigenvalue weighted by Crippen LogP contribution is -2.09. The number of benzene rings is 12. The molecule has 0 aliphatic carbocycles. The SMILES string of the molecule is c1ccc(-c2ccc(N(c3ccccc3)c3ccc(-c4ccc5c(c4)c4cc(-n6c7ccccc7c7ccccc76)ccc4n5-c4ccc5c6ccccc6c6ccccc6c5c4)cc3)cc2)cc1. The molecule has 0 saturated heterocycles. The third-order valence-electron chi connectivity index (χ3n) is 14.3. The largest absolute Gasteiger partial charge is 0.311 e. The van der Waals surface area contributed by atoms with Crippen molar-refractivity contribution < 1.29 is 0 Å². The van der Waals surface area contributed by atoms with Crippen LogP contribution < -0.4 is 4.90 Å². The maximum absolute atomic E-state index is 2.47. The number of anilines is 3. The normalized spacial score (nSPS) is 11.8. The number of hydrogen-bond donors (Lipinski definition) is 0. The zero-order valence-corrected chi connectivity index (χ0v) is 37.7. The topological polar surface area (TPSA) is 13.1 Å². The first-order valence-electron chi connectivity index (χ1n) is 23.8. The third-order valence-corrected chi connectivity index (χ3v) is 14.3. The maximum Gasteiger partial charge on any atom is 0.0542 e. The zero-order chi connectivity index (χ0) is 45.4. The molecule has 0 saturated carbocycles. The summed E-state index contributed by atoms with van der Waals surface area (Å²) in [6.45, 7) is 0. The molecule has 0 unspecified atom stereocenters. The molecular formula is C66H43N3. The van der Waals surface area contributed by atoms with Crippen molar-refractivity contribution in [3.63, 3.8) is 0 Å². The molecule has 0 spiro atoms. The Hall–Kier alpha value is -9.18. The average Bonchev–Trinajstić information content (AvgIpc) is 3.94. The molecule has 69 heavy (non-hydrogen) atoms. The van der Waals surface area contributed by atoms with Gasteiger partial charge in [-0.25, -0.2) is 0 Å². The van der Waals surface area contributed by atoms with Crippen LogP contribution in [0.1, 0.15) is 0 Å². The van der Waals surface area contributed by atoms with Crippen LogP contribution in [0.2, 0.25) is 0 Å². The summed E-state index contributed by atoms with van der Waals surface area (Å²) in [5.74, 6) is 0. The van der Waals surface area contributed by atoms with E-state index in [0.717, 1.165) is 34.0 Å². The predicted molar refractivity (Wildman–Crippen MR) is 293 cm³/mol. The fourth-order valence-electron chi connectivity index (χ4n) is 11.1. The molecule has 0 bridgehead atoms. The number of fused-ring (bicyclic) bond motifs is 12. The van der Waals surface area contributed by atoms with Crippen LogP contribution in [0.3, 0.4) is 0 Å². The van der Waals surface area contributed by atoms with Gasteiger partial charge in [0.05, 0.1) is 22.1 Å². The second-order valence-corrected chi connectivity index (χ2v) is 18.1. The Morgan fingerprint density at radius 1 is 0.203 bits per heavy atom. The summed E-state index contributed by atoms with van der Waals surface area (Å²) in [4.78, 5) is 2.33. The lowest BCUT2D eigenvalue weighted by Gasteiger charge is -2.26. The molecule has 14 aromatic rings. The summed E-state index contributed by atoms with van der Waals surface area (Å²) >= 11 is 0. The van der Waals surface area contributed by atoms with Gasteiger partial charge in [-0.1, -0.05) is 170 Å². The van der Waals surface area contributed by atoms with Crippen molar-refractivity contribution in [3.05, 3.63) is 261 Å². The van der Waals surface area contributed by atoms with Gasteiger partial charge in [-0.3, -0.25) is 0 Å². The van der Waals surface area contributed by atoms with Gasteiger partial charge in [-0.15, -0.1) is 0 Å². The zero-order valence-electron chi connectivity index (χ0n) is 37.7. The highest BCUT2D eigenvalue weighted by molar-refractivity contribution is 6.26. The van der Waals surface area contributed by atoms with Crippen LogP contribution in [0.25, 0.3) is 110 Å². The molecule has 2 heterocycles. The van der Waals surface area contributed by atoms with Crippen LogP contribution in [0.4, 0.5) is 17.1 Å². The van der Waals surface area contributed by atoms with Crippen LogP contribution >= 0.6 is 0 Å². The van der Waals surface area contributed by atoms with Gasteiger partial charge in [0, 0.05) is 50.0 Å². The third kappa shape index (κ3) is 6.29. The number of rotatable bonds is 7. The maximum atomic E-state index is 2.47. The van der Waals surface area contributed by atoms with Gasteiger partial charge in [-0.2, -0.15) is 0 Å². The van der Waals surface area contributed by atoms with E-state index in [9.17, 15) is 0 Å². The van der Waals surface area contributed by atoms with Crippen molar-refractivity contribution in [2.75, 3.05) is 4.90 Å². The Balaban J connectivity index is 0.940. The predicted octanol–water partition coefficient (Wildman–Crippen LogP) is 18.1. The summed E-state index contributed by atoms with van der Waals surface area (Å²) < 4.78 is 4.90. The molecule has 0 atom stereocenters. The van der Waals surface area contributed by atoms with E-state index in [1.165, 1.54) is 92.6 Å². The Morgan fingerprint density at radius 3 is 1.12 bits per heavy atom. The van der Waals surface area contributed by atoms with E-state index in [0.29, 0.717) is 0 Å². The minimum atomic E-state index is 1.10. The van der Waals surface area contributed by atoms with E-state index < -0.39 is 0 Å². The first-order chi connectivity index (χ1) is 34.2. The molecule has 0 amide bonds. The number of aromatic nitrogens is 2. The van der Waals surface area contributed by atoms with Crippen LogP contribution in [-0.2, 0) is 0 Å². The molecule has 14 rings (SSSR count). The van der Waals surface area contributed by atoms with Gasteiger partial charge in [0.15, 0.2) is 0 Å². The van der Waals surface area contributed by atoms with Crippen LogP contribution in [-0.4, -0.2) is 9.13 Å². The van der Waals surface area contributed by atoms with E-state index in [1.807, 2.05) is 0 Å². The molecule has 0 fully saturated rings. The van der Waals surface area contributed by atoms with E-state index in [2.05, 4.69) is 275 Å². The Kier molecular flexibility index (Phi) is 8.90. The molecule has 0 N–H and O–H groups in total. The minimum Gasteiger partial charge on any atom is -0.311 e. The Bertz CT molecular complexity index is 4190. The van der Waals surface area contributed by atoms with Crippen molar-refractivity contribution in [1.82, 2.24) is 9.13 Å². The standard InChI is InChI=1S/C66H43N3/c1-3-15-44(16-4-1)45-27-32-49(33-28-45)67(48-17-5-2-6-18-48)50-34-29-46(30-35-50)47-31-39-65-61(41-47)62-43-52(68-63-25-13-11-23-58(63)59-24-12-14-26-64(59)68)37-40-66(62)69(65)51-36-38-57-55-21-8-7-19-53(55)54-20-9-10-22-56(54)60(57)42-51/h1-43H. The summed E-state index contributed by atoms with van der Waals surface area (Å²) in [7, 11) is 0. The lowest BCUT2D eigenvalue weighted by molar-refractivity contribution is 1.17. The average molecular weight is 878 g/mol. The lowest BCUT2D eigenvalue weighted by atomic mass is 9.94. The summed E-state index contributed by atoms with van der Waals surface area (Å²) in [6.07, 6.45) is 0. The molecule has 12 aromatic carbocycles.